The monoisotopic (exact) mass is 358 g/mol. The van der Waals surface area contributed by atoms with Crippen LogP contribution in [0, 0.1) is 0 Å². The molecule has 0 amide bonds. The second-order valence-corrected chi connectivity index (χ2v) is 5.06. The van der Waals surface area contributed by atoms with Crippen molar-refractivity contribution < 1.29 is 9.84 Å². The Bertz CT molecular complexity index is 706. The summed E-state index contributed by atoms with van der Waals surface area (Å²) in [6.45, 7) is 0. The lowest BCUT2D eigenvalue weighted by molar-refractivity contribution is 0.412. The highest BCUT2D eigenvalue weighted by molar-refractivity contribution is 9.10. The zero-order chi connectivity index (χ0) is 15.8. The van der Waals surface area contributed by atoms with Crippen LogP contribution in [0.1, 0.15) is 0 Å². The Morgan fingerprint density at radius 2 is 1.68 bits per heavy atom. The van der Waals surface area contributed by atoms with E-state index in [0.29, 0.717) is 11.3 Å². The molecule has 1 aromatic carbocycles. The molecule has 0 spiro atoms. The maximum Gasteiger partial charge on any atom is 0.125 e. The van der Waals surface area contributed by atoms with Crippen molar-refractivity contribution in [3.8, 4) is 22.8 Å². The third-order valence-corrected chi connectivity index (χ3v) is 3.24. The summed E-state index contributed by atoms with van der Waals surface area (Å²) in [6, 6.07) is 16.3. The number of benzene rings is 1. The minimum Gasteiger partial charge on any atom is -0.507 e. The van der Waals surface area contributed by atoms with E-state index < -0.39 is 0 Å². The number of aromatic nitrogens is 2. The third-order valence-electron chi connectivity index (χ3n) is 2.77. The van der Waals surface area contributed by atoms with Crippen molar-refractivity contribution in [3.05, 3.63) is 71.6 Å². The average Bonchev–Trinajstić information content (AvgIpc) is 2.57. The summed E-state index contributed by atoms with van der Waals surface area (Å²) in [5.41, 5.74) is 1.41. The van der Waals surface area contributed by atoms with Gasteiger partial charge in [0.05, 0.1) is 12.8 Å². The van der Waals surface area contributed by atoms with Gasteiger partial charge in [0, 0.05) is 18.0 Å². The van der Waals surface area contributed by atoms with Gasteiger partial charge in [-0.3, -0.25) is 4.98 Å². The van der Waals surface area contributed by atoms with Crippen molar-refractivity contribution >= 4 is 15.9 Å². The molecule has 2 heterocycles. The van der Waals surface area contributed by atoms with Gasteiger partial charge in [-0.15, -0.1) is 0 Å². The number of hydrogen-bond donors (Lipinski definition) is 1. The van der Waals surface area contributed by atoms with Gasteiger partial charge < -0.3 is 9.84 Å². The Morgan fingerprint density at radius 3 is 2.18 bits per heavy atom. The largest absolute Gasteiger partial charge is 0.507 e. The lowest BCUT2D eigenvalue weighted by atomic mass is 10.1. The van der Waals surface area contributed by atoms with Gasteiger partial charge in [0.25, 0.3) is 0 Å². The Morgan fingerprint density at radius 1 is 0.955 bits per heavy atom. The molecule has 0 aliphatic heterocycles. The molecule has 0 bridgehead atoms. The number of phenols is 1. The number of nitrogens with zero attached hydrogens (tertiary/aromatic N) is 2. The van der Waals surface area contributed by atoms with Crippen molar-refractivity contribution in [1.82, 2.24) is 9.97 Å². The SMILES string of the molecule is Brc1ccccn1.COc1ccc(O)c(-c2ccccn2)c1. The first-order valence-corrected chi connectivity index (χ1v) is 7.35. The van der Waals surface area contributed by atoms with Crippen LogP contribution in [0.2, 0.25) is 0 Å². The van der Waals surface area contributed by atoms with Crippen LogP contribution in [-0.4, -0.2) is 22.2 Å². The van der Waals surface area contributed by atoms with E-state index in [1.807, 2.05) is 36.4 Å². The van der Waals surface area contributed by atoms with E-state index in [0.717, 1.165) is 10.3 Å². The van der Waals surface area contributed by atoms with Crippen molar-refractivity contribution in [2.45, 2.75) is 0 Å². The molecule has 1 N–H and O–H groups in total. The molecule has 4 nitrogen and oxygen atoms in total. The van der Waals surface area contributed by atoms with Crippen LogP contribution in [0.4, 0.5) is 0 Å². The summed E-state index contributed by atoms with van der Waals surface area (Å²) in [6.07, 6.45) is 3.43. The van der Waals surface area contributed by atoms with E-state index in [1.165, 1.54) is 0 Å². The lowest BCUT2D eigenvalue weighted by Gasteiger charge is -2.06. The minimum atomic E-state index is 0.203. The summed E-state index contributed by atoms with van der Waals surface area (Å²) in [5.74, 6) is 0.906. The highest BCUT2D eigenvalue weighted by Gasteiger charge is 2.06. The van der Waals surface area contributed by atoms with E-state index >= 15 is 0 Å². The van der Waals surface area contributed by atoms with Crippen molar-refractivity contribution in [3.63, 3.8) is 0 Å². The summed E-state index contributed by atoms with van der Waals surface area (Å²) in [7, 11) is 1.59. The molecule has 0 unspecified atom stereocenters. The van der Waals surface area contributed by atoms with Crippen molar-refractivity contribution in [2.24, 2.45) is 0 Å². The predicted molar refractivity (Wildman–Crippen MR) is 89.8 cm³/mol. The smallest absolute Gasteiger partial charge is 0.125 e. The van der Waals surface area contributed by atoms with E-state index in [4.69, 9.17) is 4.74 Å². The average molecular weight is 359 g/mol. The highest BCUT2D eigenvalue weighted by Crippen LogP contribution is 2.30. The van der Waals surface area contributed by atoms with Gasteiger partial charge in [0.15, 0.2) is 0 Å². The van der Waals surface area contributed by atoms with Gasteiger partial charge in [-0.05, 0) is 58.4 Å². The quantitative estimate of drug-likeness (QED) is 0.693. The Kier molecular flexibility index (Phi) is 5.91. The lowest BCUT2D eigenvalue weighted by Crippen LogP contribution is -1.86. The van der Waals surface area contributed by atoms with Crippen LogP contribution in [0.3, 0.4) is 0 Å². The fraction of sp³-hybridized carbons (Fsp3) is 0.0588. The van der Waals surface area contributed by atoms with Crippen LogP contribution in [0.25, 0.3) is 11.3 Å². The number of methoxy groups -OCH3 is 1. The van der Waals surface area contributed by atoms with Crippen LogP contribution in [0.5, 0.6) is 11.5 Å². The zero-order valence-electron chi connectivity index (χ0n) is 12.0. The van der Waals surface area contributed by atoms with E-state index in [1.54, 1.807) is 37.7 Å². The number of rotatable bonds is 2. The zero-order valence-corrected chi connectivity index (χ0v) is 13.6. The third kappa shape index (κ3) is 4.56. The number of halogens is 1. The van der Waals surface area contributed by atoms with E-state index in [-0.39, 0.29) is 5.75 Å². The molecule has 3 aromatic rings. The van der Waals surface area contributed by atoms with Gasteiger partial charge in [-0.2, -0.15) is 0 Å². The van der Waals surface area contributed by atoms with E-state index in [9.17, 15) is 5.11 Å². The fourth-order valence-corrected chi connectivity index (χ4v) is 1.98. The topological polar surface area (TPSA) is 55.2 Å². The van der Waals surface area contributed by atoms with Crippen LogP contribution < -0.4 is 4.74 Å². The van der Waals surface area contributed by atoms with Crippen LogP contribution in [-0.2, 0) is 0 Å². The van der Waals surface area contributed by atoms with Crippen LogP contribution in [0.15, 0.2) is 71.6 Å². The summed E-state index contributed by atoms with van der Waals surface area (Å²) in [5, 5.41) is 9.69. The van der Waals surface area contributed by atoms with Crippen molar-refractivity contribution in [1.29, 1.82) is 0 Å². The number of aromatic hydroxyl groups is 1. The normalized spacial score (nSPS) is 9.55. The first-order chi connectivity index (χ1) is 10.7. The second kappa shape index (κ2) is 8.14. The molecular weight excluding hydrogens is 344 g/mol. The second-order valence-electron chi connectivity index (χ2n) is 4.25. The van der Waals surface area contributed by atoms with Gasteiger partial charge in [0.2, 0.25) is 0 Å². The molecule has 3 rings (SSSR count). The van der Waals surface area contributed by atoms with Gasteiger partial charge in [-0.25, -0.2) is 4.98 Å². The molecule has 112 valence electrons. The van der Waals surface area contributed by atoms with Gasteiger partial charge in [0.1, 0.15) is 16.1 Å². The molecule has 5 heteroatoms. The maximum absolute atomic E-state index is 9.69. The molecule has 0 saturated heterocycles. The molecule has 22 heavy (non-hydrogen) atoms. The molecule has 0 saturated carbocycles. The molecule has 0 radical (unpaired) electrons. The fourth-order valence-electron chi connectivity index (χ4n) is 1.71. The molecular formula is C17H15BrN2O2. The molecule has 0 aliphatic rings. The highest BCUT2D eigenvalue weighted by atomic mass is 79.9. The van der Waals surface area contributed by atoms with Gasteiger partial charge in [-0.1, -0.05) is 12.1 Å². The Labute approximate surface area is 137 Å². The van der Waals surface area contributed by atoms with Crippen molar-refractivity contribution in [2.75, 3.05) is 7.11 Å². The number of phenolic OH excluding ortho intramolecular Hbond substituents is 1. The summed E-state index contributed by atoms with van der Waals surface area (Å²) < 4.78 is 5.98. The standard InChI is InChI=1S/C12H11NO2.C5H4BrN/c1-15-9-5-6-12(14)10(8-9)11-4-2-3-7-13-11;6-5-3-1-2-4-7-5/h2-8,14H,1H3;1-4H. The number of hydrogen-bond acceptors (Lipinski definition) is 4. The molecule has 0 fully saturated rings. The van der Waals surface area contributed by atoms with E-state index in [2.05, 4.69) is 25.9 Å². The summed E-state index contributed by atoms with van der Waals surface area (Å²) >= 11 is 3.20. The predicted octanol–water partition coefficient (Wildman–Crippen LogP) is 4.31. The van der Waals surface area contributed by atoms with Gasteiger partial charge >= 0.3 is 0 Å². The Hall–Kier alpha value is -2.40. The summed E-state index contributed by atoms with van der Waals surface area (Å²) in [4.78, 5) is 8.07. The minimum absolute atomic E-state index is 0.203. The number of pyridine rings is 2. The maximum atomic E-state index is 9.69. The Balaban J connectivity index is 0.000000211. The first-order valence-electron chi connectivity index (χ1n) is 6.55. The molecule has 2 aromatic heterocycles. The van der Waals surface area contributed by atoms with Crippen LogP contribution >= 0.6 is 15.9 Å². The first kappa shape index (κ1) is 16.0. The number of ether oxygens (including phenoxy) is 1. The molecule has 0 atom stereocenters. The molecule has 0 aliphatic carbocycles.